The third-order valence-electron chi connectivity index (χ3n) is 5.07. The molecule has 0 atom stereocenters. The number of para-hydroxylation sites is 1. The van der Waals surface area contributed by atoms with Crippen LogP contribution in [0.15, 0.2) is 61.1 Å². The maximum atomic E-state index is 14.0. The van der Waals surface area contributed by atoms with E-state index in [0.29, 0.717) is 31.0 Å². The quantitative estimate of drug-likeness (QED) is 0.554. The maximum Gasteiger partial charge on any atom is 0.163 e. The number of pyridine rings is 1. The highest BCUT2D eigenvalue weighted by Gasteiger charge is 2.25. The zero-order valence-electron chi connectivity index (χ0n) is 15.4. The van der Waals surface area contributed by atoms with Gasteiger partial charge in [-0.3, -0.25) is 9.88 Å². The topological polar surface area (TPSA) is 53.9 Å². The van der Waals surface area contributed by atoms with Crippen LogP contribution in [0, 0.1) is 11.6 Å². The standard InChI is InChI=1S/C22H17F2N5/c23-18-6-3-5-15(21(18)24)10-29-11-17-20(12-29)26-13-27-22(17)28-16-8-14-4-1-2-7-19(14)25-9-16/h1-9,13H,10-12H2,(H,26,27,28). The number of nitrogens with one attached hydrogen (secondary N) is 1. The molecule has 0 saturated heterocycles. The minimum atomic E-state index is -0.829. The van der Waals surface area contributed by atoms with Gasteiger partial charge in [0, 0.05) is 36.1 Å². The summed E-state index contributed by atoms with van der Waals surface area (Å²) in [5.41, 5.74) is 3.93. The predicted molar refractivity (Wildman–Crippen MR) is 106 cm³/mol. The van der Waals surface area contributed by atoms with Crippen molar-refractivity contribution in [2.45, 2.75) is 19.6 Å². The molecule has 0 unspecified atom stereocenters. The number of aromatic nitrogens is 3. The summed E-state index contributed by atoms with van der Waals surface area (Å²) in [6.07, 6.45) is 3.29. The van der Waals surface area contributed by atoms with Crippen molar-refractivity contribution in [1.29, 1.82) is 0 Å². The summed E-state index contributed by atoms with van der Waals surface area (Å²) in [6, 6.07) is 14.2. The molecule has 0 saturated carbocycles. The van der Waals surface area contributed by atoms with E-state index in [1.807, 2.05) is 35.2 Å². The van der Waals surface area contributed by atoms with Crippen molar-refractivity contribution in [3.8, 4) is 0 Å². The molecule has 4 aromatic rings. The van der Waals surface area contributed by atoms with Crippen LogP contribution in [0.1, 0.15) is 16.8 Å². The largest absolute Gasteiger partial charge is 0.339 e. The van der Waals surface area contributed by atoms with Crippen molar-refractivity contribution >= 4 is 22.4 Å². The second kappa shape index (κ2) is 7.18. The summed E-state index contributed by atoms with van der Waals surface area (Å²) < 4.78 is 27.5. The summed E-state index contributed by atoms with van der Waals surface area (Å²) in [4.78, 5) is 15.2. The Hall–Kier alpha value is -3.45. The maximum absolute atomic E-state index is 14.0. The zero-order valence-corrected chi connectivity index (χ0v) is 15.4. The van der Waals surface area contributed by atoms with Gasteiger partial charge >= 0.3 is 0 Å². The van der Waals surface area contributed by atoms with Crippen molar-refractivity contribution in [3.05, 3.63) is 89.5 Å². The molecule has 0 radical (unpaired) electrons. The van der Waals surface area contributed by atoms with Gasteiger partial charge in [-0.25, -0.2) is 18.7 Å². The normalized spacial score (nSPS) is 13.6. The Labute approximate surface area is 166 Å². The summed E-state index contributed by atoms with van der Waals surface area (Å²) in [6.45, 7) is 1.41. The lowest BCUT2D eigenvalue weighted by atomic mass is 10.2. The van der Waals surface area contributed by atoms with Crippen molar-refractivity contribution in [3.63, 3.8) is 0 Å². The Morgan fingerprint density at radius 2 is 1.86 bits per heavy atom. The van der Waals surface area contributed by atoms with E-state index in [-0.39, 0.29) is 0 Å². The van der Waals surface area contributed by atoms with Crippen LogP contribution < -0.4 is 5.32 Å². The molecule has 0 bridgehead atoms. The van der Waals surface area contributed by atoms with Crippen LogP contribution in [0.25, 0.3) is 10.9 Å². The predicted octanol–water partition coefficient (Wildman–Crippen LogP) is 4.56. The summed E-state index contributed by atoms with van der Waals surface area (Å²) >= 11 is 0. The lowest BCUT2D eigenvalue weighted by molar-refractivity contribution is 0.268. The lowest BCUT2D eigenvalue weighted by Gasteiger charge is -2.15. The van der Waals surface area contributed by atoms with E-state index in [4.69, 9.17) is 0 Å². The Morgan fingerprint density at radius 3 is 2.79 bits per heavy atom. The Bertz CT molecular complexity index is 1210. The smallest absolute Gasteiger partial charge is 0.163 e. The number of benzene rings is 2. The number of hydrogen-bond donors (Lipinski definition) is 1. The van der Waals surface area contributed by atoms with E-state index in [9.17, 15) is 8.78 Å². The number of fused-ring (bicyclic) bond motifs is 2. The monoisotopic (exact) mass is 389 g/mol. The van der Waals surface area contributed by atoms with Gasteiger partial charge in [-0.2, -0.15) is 0 Å². The molecule has 1 N–H and O–H groups in total. The Kier molecular flexibility index (Phi) is 4.37. The molecule has 0 fully saturated rings. The Balaban J connectivity index is 1.38. The highest BCUT2D eigenvalue weighted by atomic mass is 19.2. The third-order valence-corrected chi connectivity index (χ3v) is 5.07. The average molecular weight is 389 g/mol. The fourth-order valence-electron chi connectivity index (χ4n) is 3.65. The number of anilines is 2. The summed E-state index contributed by atoms with van der Waals surface area (Å²) in [7, 11) is 0. The molecule has 7 heteroatoms. The minimum absolute atomic E-state index is 0.303. The van der Waals surface area contributed by atoms with Crippen molar-refractivity contribution in [2.75, 3.05) is 5.32 Å². The van der Waals surface area contributed by atoms with Gasteiger partial charge in [0.25, 0.3) is 0 Å². The van der Waals surface area contributed by atoms with Gasteiger partial charge in [0.1, 0.15) is 12.1 Å². The molecule has 0 aliphatic carbocycles. The van der Waals surface area contributed by atoms with Gasteiger partial charge in [0.2, 0.25) is 0 Å². The van der Waals surface area contributed by atoms with Crippen LogP contribution in [0.5, 0.6) is 0 Å². The first-order valence-corrected chi connectivity index (χ1v) is 9.27. The van der Waals surface area contributed by atoms with Crippen LogP contribution in [0.3, 0.4) is 0 Å². The zero-order chi connectivity index (χ0) is 19.8. The number of rotatable bonds is 4. The number of nitrogens with zero attached hydrogens (tertiary/aromatic N) is 4. The van der Waals surface area contributed by atoms with Crippen LogP contribution >= 0.6 is 0 Å². The molecule has 0 amide bonds. The molecule has 2 aromatic carbocycles. The van der Waals surface area contributed by atoms with E-state index in [0.717, 1.165) is 33.9 Å². The first-order chi connectivity index (χ1) is 14.2. The van der Waals surface area contributed by atoms with Crippen LogP contribution in [0.2, 0.25) is 0 Å². The second-order valence-corrected chi connectivity index (χ2v) is 7.05. The molecule has 1 aliphatic rings. The molecule has 144 valence electrons. The van der Waals surface area contributed by atoms with Gasteiger partial charge in [-0.05, 0) is 18.2 Å². The first kappa shape index (κ1) is 17.6. The number of hydrogen-bond acceptors (Lipinski definition) is 5. The summed E-state index contributed by atoms with van der Waals surface area (Å²) in [5, 5.41) is 4.36. The van der Waals surface area contributed by atoms with E-state index in [1.54, 1.807) is 12.3 Å². The van der Waals surface area contributed by atoms with Gasteiger partial charge in [-0.1, -0.05) is 30.3 Å². The van der Waals surface area contributed by atoms with Gasteiger partial charge < -0.3 is 5.32 Å². The minimum Gasteiger partial charge on any atom is -0.339 e. The molecule has 0 spiro atoms. The van der Waals surface area contributed by atoms with Crippen LogP contribution in [-0.4, -0.2) is 19.9 Å². The van der Waals surface area contributed by atoms with Crippen molar-refractivity contribution in [1.82, 2.24) is 19.9 Å². The Morgan fingerprint density at radius 1 is 0.966 bits per heavy atom. The molecule has 5 nitrogen and oxygen atoms in total. The lowest BCUT2D eigenvalue weighted by Crippen LogP contribution is -2.17. The van der Waals surface area contributed by atoms with E-state index in [1.165, 1.54) is 12.4 Å². The SMILES string of the molecule is Fc1cccc(CN2Cc3ncnc(Nc4cnc5ccccc5c4)c3C2)c1F. The summed E-state index contributed by atoms with van der Waals surface area (Å²) in [5.74, 6) is -0.922. The molecule has 1 aliphatic heterocycles. The molecular formula is C22H17F2N5. The highest BCUT2D eigenvalue weighted by Crippen LogP contribution is 2.30. The second-order valence-electron chi connectivity index (χ2n) is 7.05. The van der Waals surface area contributed by atoms with Crippen LogP contribution in [-0.2, 0) is 19.6 Å². The van der Waals surface area contributed by atoms with E-state index in [2.05, 4.69) is 20.3 Å². The van der Waals surface area contributed by atoms with E-state index >= 15 is 0 Å². The fourth-order valence-corrected chi connectivity index (χ4v) is 3.65. The van der Waals surface area contributed by atoms with E-state index < -0.39 is 11.6 Å². The molecule has 29 heavy (non-hydrogen) atoms. The molecule has 5 rings (SSSR count). The average Bonchev–Trinajstić information content (AvgIpc) is 3.15. The first-order valence-electron chi connectivity index (χ1n) is 9.27. The highest BCUT2D eigenvalue weighted by molar-refractivity contribution is 5.82. The van der Waals surface area contributed by atoms with Gasteiger partial charge in [0.05, 0.1) is 23.1 Å². The number of halogens is 2. The van der Waals surface area contributed by atoms with Gasteiger partial charge in [-0.15, -0.1) is 0 Å². The molecular weight excluding hydrogens is 372 g/mol. The molecule has 2 aromatic heterocycles. The third kappa shape index (κ3) is 3.40. The van der Waals surface area contributed by atoms with Gasteiger partial charge in [0.15, 0.2) is 11.6 Å². The van der Waals surface area contributed by atoms with Crippen LogP contribution in [0.4, 0.5) is 20.3 Å². The van der Waals surface area contributed by atoms with Crippen molar-refractivity contribution in [2.24, 2.45) is 0 Å². The molecule has 3 heterocycles. The fraction of sp³-hybridized carbons (Fsp3) is 0.136. The van der Waals surface area contributed by atoms with Crippen molar-refractivity contribution < 1.29 is 8.78 Å².